The summed E-state index contributed by atoms with van der Waals surface area (Å²) in [4.78, 5) is 11.9. The van der Waals surface area contributed by atoms with Crippen LogP contribution in [0.15, 0.2) is 30.3 Å². The lowest BCUT2D eigenvalue weighted by atomic mass is 9.85. The maximum absolute atomic E-state index is 11.9. The van der Waals surface area contributed by atoms with Crippen LogP contribution < -0.4 is 0 Å². The van der Waals surface area contributed by atoms with Crippen molar-refractivity contribution in [3.63, 3.8) is 0 Å². The molecule has 0 bridgehead atoms. The van der Waals surface area contributed by atoms with E-state index >= 15 is 0 Å². The SMILES string of the molecule is CC(CCC1CCCCC1)OC(=O)c1ccccc1. The molecule has 1 atom stereocenters. The number of rotatable bonds is 5. The molecule has 19 heavy (non-hydrogen) atoms. The predicted molar refractivity (Wildman–Crippen MR) is 77.1 cm³/mol. The minimum Gasteiger partial charge on any atom is -0.459 e. The monoisotopic (exact) mass is 260 g/mol. The van der Waals surface area contributed by atoms with Crippen molar-refractivity contribution >= 4 is 5.97 Å². The van der Waals surface area contributed by atoms with Crippen molar-refractivity contribution in [2.24, 2.45) is 5.92 Å². The second-order valence-electron chi connectivity index (χ2n) is 5.66. The van der Waals surface area contributed by atoms with Gasteiger partial charge in [0.25, 0.3) is 0 Å². The Hall–Kier alpha value is -1.31. The standard InChI is InChI=1S/C17H24O2/c1-14(12-13-15-8-4-2-5-9-15)19-17(18)16-10-6-3-7-11-16/h3,6-7,10-11,14-15H,2,4-5,8-9,12-13H2,1H3. The fourth-order valence-electron chi connectivity index (χ4n) is 2.83. The van der Waals surface area contributed by atoms with Crippen LogP contribution in [0.25, 0.3) is 0 Å². The quantitative estimate of drug-likeness (QED) is 0.724. The highest BCUT2D eigenvalue weighted by molar-refractivity contribution is 5.89. The Morgan fingerprint density at radius 2 is 1.89 bits per heavy atom. The molecule has 2 heteroatoms. The Balaban J connectivity index is 1.71. The number of ether oxygens (including phenoxy) is 1. The second kappa shape index (κ2) is 7.32. The molecular formula is C17H24O2. The molecule has 0 amide bonds. The summed E-state index contributed by atoms with van der Waals surface area (Å²) in [5.74, 6) is 0.656. The van der Waals surface area contributed by atoms with E-state index in [9.17, 15) is 4.79 Å². The van der Waals surface area contributed by atoms with Gasteiger partial charge in [0, 0.05) is 0 Å². The summed E-state index contributed by atoms with van der Waals surface area (Å²) >= 11 is 0. The Morgan fingerprint density at radius 1 is 1.21 bits per heavy atom. The van der Waals surface area contributed by atoms with Gasteiger partial charge in [-0.2, -0.15) is 0 Å². The summed E-state index contributed by atoms with van der Waals surface area (Å²) in [6, 6.07) is 9.24. The highest BCUT2D eigenvalue weighted by Gasteiger charge is 2.16. The fraction of sp³-hybridized carbons (Fsp3) is 0.588. The Morgan fingerprint density at radius 3 is 2.58 bits per heavy atom. The van der Waals surface area contributed by atoms with E-state index in [0.717, 1.165) is 12.3 Å². The molecule has 1 aromatic carbocycles. The van der Waals surface area contributed by atoms with Crippen LogP contribution in [0.4, 0.5) is 0 Å². The normalized spacial score (nSPS) is 17.9. The van der Waals surface area contributed by atoms with Gasteiger partial charge in [-0.1, -0.05) is 50.3 Å². The molecule has 0 N–H and O–H groups in total. The van der Waals surface area contributed by atoms with E-state index < -0.39 is 0 Å². The van der Waals surface area contributed by atoms with E-state index in [0.29, 0.717) is 5.56 Å². The molecule has 1 aliphatic carbocycles. The number of carbonyl (C=O) groups excluding carboxylic acids is 1. The summed E-state index contributed by atoms with van der Waals surface area (Å²) in [6.07, 6.45) is 9.08. The van der Waals surface area contributed by atoms with Gasteiger partial charge in [-0.25, -0.2) is 4.79 Å². The first-order valence-corrected chi connectivity index (χ1v) is 7.51. The Bertz CT molecular complexity index is 380. The van der Waals surface area contributed by atoms with E-state index in [1.807, 2.05) is 25.1 Å². The van der Waals surface area contributed by atoms with Crippen LogP contribution in [0.1, 0.15) is 62.2 Å². The van der Waals surface area contributed by atoms with Gasteiger partial charge in [0.15, 0.2) is 0 Å². The third-order valence-electron chi connectivity index (χ3n) is 4.02. The maximum Gasteiger partial charge on any atom is 0.338 e. The van der Waals surface area contributed by atoms with Gasteiger partial charge in [-0.05, 0) is 37.8 Å². The van der Waals surface area contributed by atoms with Gasteiger partial charge in [0.2, 0.25) is 0 Å². The zero-order valence-electron chi connectivity index (χ0n) is 11.8. The minimum atomic E-state index is -0.197. The van der Waals surface area contributed by atoms with Crippen molar-refractivity contribution in [2.75, 3.05) is 0 Å². The van der Waals surface area contributed by atoms with Gasteiger partial charge in [0.05, 0.1) is 11.7 Å². The molecule has 1 aliphatic rings. The van der Waals surface area contributed by atoms with Crippen molar-refractivity contribution in [1.29, 1.82) is 0 Å². The first-order valence-electron chi connectivity index (χ1n) is 7.51. The number of hydrogen-bond donors (Lipinski definition) is 0. The lowest BCUT2D eigenvalue weighted by Gasteiger charge is -2.23. The van der Waals surface area contributed by atoms with Gasteiger partial charge in [-0.3, -0.25) is 0 Å². The van der Waals surface area contributed by atoms with Gasteiger partial charge < -0.3 is 4.74 Å². The Kier molecular flexibility index (Phi) is 5.44. The summed E-state index contributed by atoms with van der Waals surface area (Å²) in [5, 5.41) is 0. The summed E-state index contributed by atoms with van der Waals surface area (Å²) < 4.78 is 5.49. The third kappa shape index (κ3) is 4.70. The van der Waals surface area contributed by atoms with Crippen molar-refractivity contribution in [3.05, 3.63) is 35.9 Å². The molecule has 1 saturated carbocycles. The van der Waals surface area contributed by atoms with Gasteiger partial charge in [0.1, 0.15) is 0 Å². The zero-order chi connectivity index (χ0) is 13.5. The molecule has 0 heterocycles. The van der Waals surface area contributed by atoms with Crippen LogP contribution in [0.3, 0.4) is 0 Å². The lowest BCUT2D eigenvalue weighted by Crippen LogP contribution is -2.17. The fourth-order valence-corrected chi connectivity index (χ4v) is 2.83. The summed E-state index contributed by atoms with van der Waals surface area (Å²) in [7, 11) is 0. The highest BCUT2D eigenvalue weighted by atomic mass is 16.5. The number of esters is 1. The van der Waals surface area contributed by atoms with E-state index in [-0.39, 0.29) is 12.1 Å². The lowest BCUT2D eigenvalue weighted by molar-refractivity contribution is 0.0307. The van der Waals surface area contributed by atoms with E-state index in [1.54, 1.807) is 12.1 Å². The van der Waals surface area contributed by atoms with Crippen molar-refractivity contribution in [3.8, 4) is 0 Å². The number of carbonyl (C=O) groups is 1. The molecule has 0 aromatic heterocycles. The average molecular weight is 260 g/mol. The van der Waals surface area contributed by atoms with Crippen LogP contribution in [-0.2, 0) is 4.74 Å². The zero-order valence-corrected chi connectivity index (χ0v) is 11.8. The molecule has 2 nitrogen and oxygen atoms in total. The number of benzene rings is 1. The second-order valence-corrected chi connectivity index (χ2v) is 5.66. The molecule has 1 unspecified atom stereocenters. The van der Waals surface area contributed by atoms with E-state index in [2.05, 4.69) is 0 Å². The molecule has 0 radical (unpaired) electrons. The van der Waals surface area contributed by atoms with Crippen LogP contribution in [-0.4, -0.2) is 12.1 Å². The van der Waals surface area contributed by atoms with Crippen LogP contribution >= 0.6 is 0 Å². The average Bonchev–Trinajstić information content (AvgIpc) is 2.47. The van der Waals surface area contributed by atoms with E-state index in [1.165, 1.54) is 38.5 Å². The molecule has 2 rings (SSSR count). The molecule has 1 aromatic rings. The van der Waals surface area contributed by atoms with Crippen LogP contribution in [0, 0.1) is 5.92 Å². The first-order chi connectivity index (χ1) is 9.25. The van der Waals surface area contributed by atoms with Gasteiger partial charge in [-0.15, -0.1) is 0 Å². The minimum absolute atomic E-state index is 0.0228. The van der Waals surface area contributed by atoms with Crippen molar-refractivity contribution < 1.29 is 9.53 Å². The van der Waals surface area contributed by atoms with Crippen LogP contribution in [0.5, 0.6) is 0 Å². The first kappa shape index (κ1) is 14.1. The van der Waals surface area contributed by atoms with Crippen molar-refractivity contribution in [1.82, 2.24) is 0 Å². The van der Waals surface area contributed by atoms with Crippen molar-refractivity contribution in [2.45, 2.75) is 58.0 Å². The molecule has 104 valence electrons. The Labute approximate surface area is 116 Å². The predicted octanol–water partition coefficient (Wildman–Crippen LogP) is 4.59. The molecule has 0 spiro atoms. The molecule has 0 saturated heterocycles. The smallest absolute Gasteiger partial charge is 0.338 e. The van der Waals surface area contributed by atoms with E-state index in [4.69, 9.17) is 4.74 Å². The van der Waals surface area contributed by atoms with Gasteiger partial charge >= 0.3 is 5.97 Å². The third-order valence-corrected chi connectivity index (χ3v) is 4.02. The largest absolute Gasteiger partial charge is 0.459 e. The molecular weight excluding hydrogens is 236 g/mol. The topological polar surface area (TPSA) is 26.3 Å². The summed E-state index contributed by atoms with van der Waals surface area (Å²) in [5.41, 5.74) is 0.645. The number of hydrogen-bond acceptors (Lipinski definition) is 2. The van der Waals surface area contributed by atoms with Crippen LogP contribution in [0.2, 0.25) is 0 Å². The summed E-state index contributed by atoms with van der Waals surface area (Å²) in [6.45, 7) is 2.00. The molecule has 0 aliphatic heterocycles. The highest BCUT2D eigenvalue weighted by Crippen LogP contribution is 2.28. The molecule has 1 fully saturated rings. The maximum atomic E-state index is 11.9.